The molecule has 1 heterocycles. The molecule has 1 unspecified atom stereocenters. The average Bonchev–Trinajstić information content (AvgIpc) is 2.84. The summed E-state index contributed by atoms with van der Waals surface area (Å²) in [6.45, 7) is 4.49. The number of nitrogens with zero attached hydrogens (tertiary/aromatic N) is 2. The molecule has 5 heteroatoms. The minimum Gasteiger partial charge on any atom is -0.495 e. The summed E-state index contributed by atoms with van der Waals surface area (Å²) in [5, 5.41) is 10.6. The summed E-state index contributed by atoms with van der Waals surface area (Å²) in [7, 11) is 1.71. The zero-order valence-electron chi connectivity index (χ0n) is 18.0. The molecule has 1 aliphatic rings. The number of hydrogen-bond donors (Lipinski definition) is 1. The van der Waals surface area contributed by atoms with Gasteiger partial charge in [-0.25, -0.2) is 0 Å². The lowest BCUT2D eigenvalue weighted by atomic mass is 10.1. The van der Waals surface area contributed by atoms with E-state index >= 15 is 0 Å². The van der Waals surface area contributed by atoms with Gasteiger partial charge in [0.1, 0.15) is 24.2 Å². The summed E-state index contributed by atoms with van der Waals surface area (Å²) < 4.78 is 11.5. The molecule has 0 saturated carbocycles. The third kappa shape index (κ3) is 5.37. The fourth-order valence-electron chi connectivity index (χ4n) is 4.05. The van der Waals surface area contributed by atoms with E-state index in [0.29, 0.717) is 6.54 Å². The smallest absolute Gasteiger partial charge is 0.142 e. The van der Waals surface area contributed by atoms with Crippen LogP contribution in [0.1, 0.15) is 0 Å². The molecule has 0 radical (unpaired) electrons. The summed E-state index contributed by atoms with van der Waals surface area (Å²) in [6.07, 6.45) is -0.540. The van der Waals surface area contributed by atoms with Gasteiger partial charge in [-0.3, -0.25) is 4.90 Å². The van der Waals surface area contributed by atoms with Crippen molar-refractivity contribution in [2.45, 2.75) is 6.10 Å². The normalized spacial score (nSPS) is 15.5. The molecule has 1 aliphatic heterocycles. The predicted molar refractivity (Wildman–Crippen MR) is 125 cm³/mol. The Labute approximate surface area is 184 Å². The second-order valence-electron chi connectivity index (χ2n) is 7.79. The van der Waals surface area contributed by atoms with Crippen molar-refractivity contribution >= 4 is 5.69 Å². The molecule has 4 rings (SSSR count). The lowest BCUT2D eigenvalue weighted by Crippen LogP contribution is -2.49. The van der Waals surface area contributed by atoms with Crippen LogP contribution in [0.3, 0.4) is 0 Å². The first-order valence-electron chi connectivity index (χ1n) is 10.8. The zero-order chi connectivity index (χ0) is 21.5. The SMILES string of the molecule is COc1ccccc1N1CCN(CC(O)COc2ccccc2-c2ccccc2)CC1. The van der Waals surface area contributed by atoms with E-state index in [0.717, 1.165) is 54.5 Å². The minimum atomic E-state index is -0.540. The summed E-state index contributed by atoms with van der Waals surface area (Å²) in [5.41, 5.74) is 3.28. The second-order valence-corrected chi connectivity index (χ2v) is 7.79. The molecule has 0 bridgehead atoms. The molecule has 0 aliphatic carbocycles. The molecule has 3 aromatic carbocycles. The van der Waals surface area contributed by atoms with Crippen LogP contribution in [-0.2, 0) is 0 Å². The van der Waals surface area contributed by atoms with Gasteiger partial charge in [0.15, 0.2) is 0 Å². The lowest BCUT2D eigenvalue weighted by molar-refractivity contribution is 0.0665. The topological polar surface area (TPSA) is 45.2 Å². The number of rotatable bonds is 8. The molecule has 0 aromatic heterocycles. The van der Waals surface area contributed by atoms with Crippen LogP contribution in [0.5, 0.6) is 11.5 Å². The van der Waals surface area contributed by atoms with Gasteiger partial charge in [0.25, 0.3) is 0 Å². The number of aliphatic hydroxyl groups excluding tert-OH is 1. The minimum absolute atomic E-state index is 0.274. The van der Waals surface area contributed by atoms with Gasteiger partial charge in [-0.1, -0.05) is 60.7 Å². The van der Waals surface area contributed by atoms with Gasteiger partial charge in [0, 0.05) is 38.3 Å². The summed E-state index contributed by atoms with van der Waals surface area (Å²) in [5.74, 6) is 1.70. The molecule has 1 fully saturated rings. The van der Waals surface area contributed by atoms with Gasteiger partial charge < -0.3 is 19.5 Å². The zero-order valence-corrected chi connectivity index (χ0v) is 18.0. The highest BCUT2D eigenvalue weighted by atomic mass is 16.5. The number of benzene rings is 3. The summed E-state index contributed by atoms with van der Waals surface area (Å²) >= 11 is 0. The number of β-amino-alcohol motifs (C(OH)–C–C–N with tert-alkyl or cyclic N) is 1. The van der Waals surface area contributed by atoms with Crippen LogP contribution >= 0.6 is 0 Å². The fourth-order valence-corrected chi connectivity index (χ4v) is 4.05. The Morgan fingerprint density at radius 2 is 1.45 bits per heavy atom. The monoisotopic (exact) mass is 418 g/mol. The van der Waals surface area contributed by atoms with Gasteiger partial charge in [-0.05, 0) is 23.8 Å². The second kappa shape index (κ2) is 10.3. The Morgan fingerprint density at radius 3 is 2.19 bits per heavy atom. The molecule has 1 N–H and O–H groups in total. The van der Waals surface area contributed by atoms with Crippen LogP contribution in [0, 0.1) is 0 Å². The van der Waals surface area contributed by atoms with Crippen molar-refractivity contribution in [2.24, 2.45) is 0 Å². The van der Waals surface area contributed by atoms with E-state index in [-0.39, 0.29) is 6.61 Å². The lowest BCUT2D eigenvalue weighted by Gasteiger charge is -2.37. The number of methoxy groups -OCH3 is 1. The van der Waals surface area contributed by atoms with Crippen LogP contribution in [-0.4, -0.2) is 62.6 Å². The molecular formula is C26H30N2O3. The van der Waals surface area contributed by atoms with Gasteiger partial charge in [0.05, 0.1) is 12.8 Å². The number of anilines is 1. The molecule has 5 nitrogen and oxygen atoms in total. The molecule has 3 aromatic rings. The molecule has 1 saturated heterocycles. The Bertz CT molecular complexity index is 956. The Hall–Kier alpha value is -3.02. The maximum atomic E-state index is 10.6. The van der Waals surface area contributed by atoms with E-state index in [1.54, 1.807) is 7.11 Å². The van der Waals surface area contributed by atoms with Crippen LogP contribution in [0.4, 0.5) is 5.69 Å². The van der Waals surface area contributed by atoms with Gasteiger partial charge in [-0.2, -0.15) is 0 Å². The third-order valence-corrected chi connectivity index (χ3v) is 5.67. The van der Waals surface area contributed by atoms with E-state index in [9.17, 15) is 5.11 Å². The Morgan fingerprint density at radius 1 is 0.806 bits per heavy atom. The number of aliphatic hydroxyl groups is 1. The summed E-state index contributed by atoms with van der Waals surface area (Å²) in [6, 6.07) is 26.3. The predicted octanol–water partition coefficient (Wildman–Crippen LogP) is 3.92. The largest absolute Gasteiger partial charge is 0.495 e. The van der Waals surface area contributed by atoms with E-state index < -0.39 is 6.10 Å². The first-order chi connectivity index (χ1) is 15.2. The van der Waals surface area contributed by atoms with E-state index in [2.05, 4.69) is 28.0 Å². The first kappa shape index (κ1) is 21.2. The Kier molecular flexibility index (Phi) is 7.07. The molecule has 0 spiro atoms. The average molecular weight is 419 g/mol. The highest BCUT2D eigenvalue weighted by molar-refractivity contribution is 5.70. The number of piperazine rings is 1. The van der Waals surface area contributed by atoms with Crippen molar-refractivity contribution in [1.82, 2.24) is 4.90 Å². The molecule has 31 heavy (non-hydrogen) atoms. The van der Waals surface area contributed by atoms with E-state index in [4.69, 9.17) is 9.47 Å². The maximum Gasteiger partial charge on any atom is 0.142 e. The Balaban J connectivity index is 1.29. The number of hydrogen-bond acceptors (Lipinski definition) is 5. The fraction of sp³-hybridized carbons (Fsp3) is 0.308. The molecule has 0 amide bonds. The first-order valence-corrected chi connectivity index (χ1v) is 10.8. The van der Waals surface area contributed by atoms with Crippen molar-refractivity contribution in [3.63, 3.8) is 0 Å². The van der Waals surface area contributed by atoms with Gasteiger partial charge in [-0.15, -0.1) is 0 Å². The van der Waals surface area contributed by atoms with E-state index in [1.807, 2.05) is 60.7 Å². The number of para-hydroxylation sites is 3. The van der Waals surface area contributed by atoms with Crippen molar-refractivity contribution in [1.29, 1.82) is 0 Å². The van der Waals surface area contributed by atoms with Crippen molar-refractivity contribution < 1.29 is 14.6 Å². The standard InChI is InChI=1S/C26H30N2O3/c1-30-26-14-8-6-12-24(26)28-17-15-27(16-18-28)19-22(29)20-31-25-13-7-5-11-23(25)21-9-3-2-4-10-21/h2-14,22,29H,15-20H2,1H3. The van der Waals surface area contributed by atoms with Crippen LogP contribution < -0.4 is 14.4 Å². The van der Waals surface area contributed by atoms with Gasteiger partial charge >= 0.3 is 0 Å². The quantitative estimate of drug-likeness (QED) is 0.601. The molecule has 1 atom stereocenters. The highest BCUT2D eigenvalue weighted by Crippen LogP contribution is 2.30. The van der Waals surface area contributed by atoms with Crippen molar-refractivity contribution in [2.75, 3.05) is 51.3 Å². The van der Waals surface area contributed by atoms with Crippen molar-refractivity contribution in [3.8, 4) is 22.6 Å². The van der Waals surface area contributed by atoms with Crippen molar-refractivity contribution in [3.05, 3.63) is 78.9 Å². The highest BCUT2D eigenvalue weighted by Gasteiger charge is 2.21. The van der Waals surface area contributed by atoms with Crippen LogP contribution in [0.15, 0.2) is 78.9 Å². The number of ether oxygens (including phenoxy) is 2. The third-order valence-electron chi connectivity index (χ3n) is 5.67. The van der Waals surface area contributed by atoms with E-state index in [1.165, 1.54) is 0 Å². The molecule has 162 valence electrons. The molecular weight excluding hydrogens is 388 g/mol. The van der Waals surface area contributed by atoms with Crippen LogP contribution in [0.2, 0.25) is 0 Å². The maximum absolute atomic E-state index is 10.6. The summed E-state index contributed by atoms with van der Waals surface area (Å²) in [4.78, 5) is 4.64. The van der Waals surface area contributed by atoms with Crippen LogP contribution in [0.25, 0.3) is 11.1 Å². The van der Waals surface area contributed by atoms with Gasteiger partial charge in [0.2, 0.25) is 0 Å².